The van der Waals surface area contributed by atoms with Gasteiger partial charge in [-0.25, -0.2) is 18.7 Å². The van der Waals surface area contributed by atoms with Gasteiger partial charge in [-0.1, -0.05) is 30.3 Å². The van der Waals surface area contributed by atoms with Gasteiger partial charge in [0, 0.05) is 37.8 Å². The van der Waals surface area contributed by atoms with Crippen molar-refractivity contribution in [3.05, 3.63) is 78.1 Å². The third kappa shape index (κ3) is 5.81. The molecule has 3 aromatic rings. The Kier molecular flexibility index (Phi) is 7.09. The van der Waals surface area contributed by atoms with Crippen LogP contribution in [0.1, 0.15) is 12.5 Å². The number of nitrogens with zero attached hydrogens (tertiary/aromatic N) is 4. The van der Waals surface area contributed by atoms with Crippen LogP contribution in [0.4, 0.5) is 14.6 Å². The van der Waals surface area contributed by atoms with Gasteiger partial charge in [0.2, 0.25) is 11.8 Å². The molecule has 1 fully saturated rings. The van der Waals surface area contributed by atoms with E-state index in [1.165, 1.54) is 12.4 Å². The molecule has 9 heteroatoms. The van der Waals surface area contributed by atoms with Gasteiger partial charge >= 0.3 is 0 Å². The van der Waals surface area contributed by atoms with Crippen LogP contribution in [0, 0.1) is 11.6 Å². The van der Waals surface area contributed by atoms with E-state index in [-0.39, 0.29) is 30.2 Å². The summed E-state index contributed by atoms with van der Waals surface area (Å²) in [6.45, 7) is 4.02. The molecule has 1 amide bonds. The number of amides is 1. The fraction of sp³-hybridized carbons (Fsp3) is 0.292. The summed E-state index contributed by atoms with van der Waals surface area (Å²) >= 11 is 0. The van der Waals surface area contributed by atoms with Crippen molar-refractivity contribution in [2.45, 2.75) is 19.6 Å². The van der Waals surface area contributed by atoms with Crippen molar-refractivity contribution in [3.8, 4) is 11.6 Å². The van der Waals surface area contributed by atoms with E-state index in [0.717, 1.165) is 17.7 Å². The number of hydrogen-bond donors (Lipinski definition) is 0. The maximum absolute atomic E-state index is 13.9. The number of hydrogen-bond acceptors (Lipinski definition) is 6. The van der Waals surface area contributed by atoms with Crippen LogP contribution in [0.5, 0.6) is 11.6 Å². The quantitative estimate of drug-likeness (QED) is 0.541. The van der Waals surface area contributed by atoms with Crippen LogP contribution < -0.4 is 9.64 Å². The molecule has 1 aliphatic rings. The molecular weight excluding hydrogens is 430 g/mol. The predicted octanol–water partition coefficient (Wildman–Crippen LogP) is 3.80. The lowest BCUT2D eigenvalue weighted by Crippen LogP contribution is -2.55. The standard InChI is InChI=1S/C24H24F2N4O3/c1-17-13-29(9-10-30(17)24(31)15-32-14-18-5-3-2-4-6-18)22-12-23(28-16-27-22)33-21-8-7-19(25)11-20(21)26/h2-8,11-12,16-17H,9-10,13-15H2,1H3/t17-/m0/s1. The molecule has 0 bridgehead atoms. The maximum atomic E-state index is 13.9. The lowest BCUT2D eigenvalue weighted by molar-refractivity contribution is -0.139. The van der Waals surface area contributed by atoms with Crippen LogP contribution in [0.15, 0.2) is 60.9 Å². The topological polar surface area (TPSA) is 67.8 Å². The van der Waals surface area contributed by atoms with Crippen molar-refractivity contribution < 1.29 is 23.0 Å². The van der Waals surface area contributed by atoms with Crippen molar-refractivity contribution >= 4 is 11.7 Å². The highest BCUT2D eigenvalue weighted by Gasteiger charge is 2.28. The van der Waals surface area contributed by atoms with Gasteiger partial charge in [-0.05, 0) is 24.6 Å². The number of rotatable bonds is 7. The zero-order valence-corrected chi connectivity index (χ0v) is 18.2. The van der Waals surface area contributed by atoms with Gasteiger partial charge in [0.15, 0.2) is 11.6 Å². The molecule has 2 heterocycles. The average molecular weight is 454 g/mol. The highest BCUT2D eigenvalue weighted by Crippen LogP contribution is 2.26. The minimum absolute atomic E-state index is 0.0218. The normalized spacial score (nSPS) is 16.0. The molecule has 1 aromatic heterocycles. The average Bonchev–Trinajstić information content (AvgIpc) is 2.81. The molecule has 1 atom stereocenters. The molecule has 1 saturated heterocycles. The highest BCUT2D eigenvalue weighted by atomic mass is 19.1. The number of carbonyl (C=O) groups excluding carboxylic acids is 1. The molecule has 0 spiro atoms. The van der Waals surface area contributed by atoms with E-state index in [2.05, 4.69) is 9.97 Å². The van der Waals surface area contributed by atoms with Gasteiger partial charge in [0.25, 0.3) is 0 Å². The Bertz CT molecular complexity index is 1100. The van der Waals surface area contributed by atoms with Crippen LogP contribution in [0.2, 0.25) is 0 Å². The number of benzene rings is 2. The van der Waals surface area contributed by atoms with Gasteiger partial charge in [0.05, 0.1) is 6.61 Å². The summed E-state index contributed by atoms with van der Waals surface area (Å²) in [5.74, 6) is -0.940. The molecule has 1 aliphatic heterocycles. The van der Waals surface area contributed by atoms with E-state index < -0.39 is 11.6 Å². The predicted molar refractivity (Wildman–Crippen MR) is 118 cm³/mol. The summed E-state index contributed by atoms with van der Waals surface area (Å²) in [6.07, 6.45) is 1.33. The Morgan fingerprint density at radius 2 is 1.91 bits per heavy atom. The first kappa shape index (κ1) is 22.6. The lowest BCUT2D eigenvalue weighted by atomic mass is 10.2. The van der Waals surface area contributed by atoms with Crippen LogP contribution >= 0.6 is 0 Å². The minimum Gasteiger partial charge on any atom is -0.436 e. The van der Waals surface area contributed by atoms with E-state index in [0.29, 0.717) is 32.1 Å². The van der Waals surface area contributed by atoms with E-state index in [9.17, 15) is 13.6 Å². The zero-order valence-electron chi connectivity index (χ0n) is 18.2. The third-order valence-corrected chi connectivity index (χ3v) is 5.34. The first-order valence-electron chi connectivity index (χ1n) is 10.6. The number of piperazine rings is 1. The van der Waals surface area contributed by atoms with Crippen LogP contribution in [-0.2, 0) is 16.1 Å². The summed E-state index contributed by atoms with van der Waals surface area (Å²) in [5.41, 5.74) is 1.02. The molecule has 4 rings (SSSR count). The molecule has 7 nitrogen and oxygen atoms in total. The Labute approximate surface area is 190 Å². The molecule has 0 N–H and O–H groups in total. The second-order valence-corrected chi connectivity index (χ2v) is 7.75. The monoisotopic (exact) mass is 454 g/mol. The Hall–Kier alpha value is -3.59. The van der Waals surface area contributed by atoms with E-state index in [1.54, 1.807) is 11.0 Å². The maximum Gasteiger partial charge on any atom is 0.248 e. The van der Waals surface area contributed by atoms with Gasteiger partial charge in [-0.3, -0.25) is 4.79 Å². The Balaban J connectivity index is 1.32. The van der Waals surface area contributed by atoms with Crippen molar-refractivity contribution in [2.75, 3.05) is 31.1 Å². The number of carbonyl (C=O) groups is 1. The van der Waals surface area contributed by atoms with Crippen molar-refractivity contribution in [1.29, 1.82) is 0 Å². The number of aromatic nitrogens is 2. The van der Waals surface area contributed by atoms with Crippen molar-refractivity contribution in [3.63, 3.8) is 0 Å². The Morgan fingerprint density at radius 1 is 1.09 bits per heavy atom. The molecular formula is C24H24F2N4O3. The fourth-order valence-electron chi connectivity index (χ4n) is 3.68. The van der Waals surface area contributed by atoms with Crippen LogP contribution in [0.25, 0.3) is 0 Å². The summed E-state index contributed by atoms with van der Waals surface area (Å²) < 4.78 is 38.0. The smallest absolute Gasteiger partial charge is 0.248 e. The molecule has 2 aromatic carbocycles. The largest absolute Gasteiger partial charge is 0.436 e. The SMILES string of the molecule is C[C@H]1CN(c2cc(Oc3ccc(F)cc3F)ncn2)CCN1C(=O)COCc1ccccc1. The van der Waals surface area contributed by atoms with Crippen molar-refractivity contribution in [2.24, 2.45) is 0 Å². The van der Waals surface area contributed by atoms with E-state index in [1.807, 2.05) is 42.2 Å². The lowest BCUT2D eigenvalue weighted by Gasteiger charge is -2.40. The van der Waals surface area contributed by atoms with Gasteiger partial charge in [0.1, 0.15) is 24.6 Å². The number of halogens is 2. The fourth-order valence-corrected chi connectivity index (χ4v) is 3.68. The minimum atomic E-state index is -0.814. The molecule has 33 heavy (non-hydrogen) atoms. The summed E-state index contributed by atoms with van der Waals surface area (Å²) in [6, 6.07) is 14.3. The summed E-state index contributed by atoms with van der Waals surface area (Å²) in [5, 5.41) is 0. The third-order valence-electron chi connectivity index (χ3n) is 5.34. The Morgan fingerprint density at radius 3 is 2.67 bits per heavy atom. The molecule has 0 radical (unpaired) electrons. The van der Waals surface area contributed by atoms with E-state index in [4.69, 9.17) is 9.47 Å². The number of anilines is 1. The van der Waals surface area contributed by atoms with Gasteiger partial charge in [-0.2, -0.15) is 0 Å². The van der Waals surface area contributed by atoms with Crippen LogP contribution in [0.3, 0.4) is 0 Å². The van der Waals surface area contributed by atoms with Gasteiger partial charge in [-0.15, -0.1) is 0 Å². The molecule has 0 unspecified atom stereocenters. The second kappa shape index (κ2) is 10.4. The van der Waals surface area contributed by atoms with Crippen LogP contribution in [-0.4, -0.2) is 53.1 Å². The summed E-state index contributed by atoms with van der Waals surface area (Å²) in [7, 11) is 0. The van der Waals surface area contributed by atoms with E-state index >= 15 is 0 Å². The second-order valence-electron chi connectivity index (χ2n) is 7.75. The molecule has 172 valence electrons. The number of ether oxygens (including phenoxy) is 2. The highest BCUT2D eigenvalue weighted by molar-refractivity contribution is 5.78. The summed E-state index contributed by atoms with van der Waals surface area (Å²) in [4.78, 5) is 24.7. The molecule has 0 saturated carbocycles. The zero-order chi connectivity index (χ0) is 23.2. The first-order valence-corrected chi connectivity index (χ1v) is 10.6. The van der Waals surface area contributed by atoms with Gasteiger partial charge < -0.3 is 19.3 Å². The molecule has 0 aliphatic carbocycles. The first-order chi connectivity index (χ1) is 16.0. The van der Waals surface area contributed by atoms with Crippen molar-refractivity contribution in [1.82, 2.24) is 14.9 Å².